The molecule has 4 aromatic rings. The third-order valence-corrected chi connectivity index (χ3v) is 6.71. The van der Waals surface area contributed by atoms with Gasteiger partial charge in [0.2, 0.25) is 0 Å². The zero-order valence-electron chi connectivity index (χ0n) is 22.7. The predicted molar refractivity (Wildman–Crippen MR) is 148 cm³/mol. The quantitative estimate of drug-likeness (QED) is 0.289. The van der Waals surface area contributed by atoms with Gasteiger partial charge in [-0.15, -0.1) is 0 Å². The normalized spacial score (nSPS) is 15.2. The first-order valence-corrected chi connectivity index (χ1v) is 13.2. The second-order valence-corrected chi connectivity index (χ2v) is 11.0. The molecule has 5 rings (SSSR count). The Kier molecular flexibility index (Phi) is 7.31. The Morgan fingerprint density at radius 1 is 0.975 bits per heavy atom. The molecule has 7 nitrogen and oxygen atoms in total. The van der Waals surface area contributed by atoms with E-state index in [-0.39, 0.29) is 38.4 Å². The second-order valence-electron chi connectivity index (χ2n) is 11.0. The number of carbonyl (C=O) groups is 2. The van der Waals surface area contributed by atoms with E-state index in [1.54, 1.807) is 45.3 Å². The van der Waals surface area contributed by atoms with Gasteiger partial charge in [0.15, 0.2) is 0 Å². The summed E-state index contributed by atoms with van der Waals surface area (Å²) in [5, 5.41) is 3.57. The number of fused-ring (bicyclic) bond motifs is 1. The molecule has 0 atom stereocenters. The molecule has 2 aromatic carbocycles. The minimum atomic E-state index is -2.70. The van der Waals surface area contributed by atoms with Crippen LogP contribution in [0, 0.1) is 0 Å². The number of amides is 2. The van der Waals surface area contributed by atoms with Crippen molar-refractivity contribution in [1.29, 1.82) is 0 Å². The van der Waals surface area contributed by atoms with Crippen LogP contribution in [0.5, 0.6) is 0 Å². The van der Waals surface area contributed by atoms with Gasteiger partial charge in [0, 0.05) is 54.8 Å². The van der Waals surface area contributed by atoms with E-state index in [9.17, 15) is 18.4 Å². The Labute approximate surface area is 231 Å². The van der Waals surface area contributed by atoms with Gasteiger partial charge in [0.1, 0.15) is 16.9 Å². The summed E-state index contributed by atoms with van der Waals surface area (Å²) in [4.78, 5) is 30.6. The minimum Gasteiger partial charge on any atom is -0.459 e. The maximum absolute atomic E-state index is 13.5. The lowest BCUT2D eigenvalue weighted by molar-refractivity contribution is -0.0494. The summed E-state index contributed by atoms with van der Waals surface area (Å²) in [5.74, 6) is -2.38. The summed E-state index contributed by atoms with van der Waals surface area (Å²) in [7, 11) is 0. The van der Waals surface area contributed by atoms with Crippen LogP contribution in [0.1, 0.15) is 49.7 Å². The van der Waals surface area contributed by atoms with Crippen LogP contribution in [0.2, 0.25) is 0 Å². The van der Waals surface area contributed by atoms with Crippen molar-refractivity contribution in [2.45, 2.75) is 51.7 Å². The van der Waals surface area contributed by atoms with Crippen molar-refractivity contribution in [3.8, 4) is 22.3 Å². The van der Waals surface area contributed by atoms with E-state index >= 15 is 0 Å². The van der Waals surface area contributed by atoms with Crippen molar-refractivity contribution >= 4 is 23.0 Å². The Morgan fingerprint density at radius 3 is 2.30 bits per heavy atom. The number of ether oxygens (including phenoxy) is 1. The van der Waals surface area contributed by atoms with Gasteiger partial charge in [0.05, 0.1) is 6.54 Å². The van der Waals surface area contributed by atoms with Crippen LogP contribution in [-0.2, 0) is 11.3 Å². The number of nitrogens with zero attached hydrogens (tertiary/aromatic N) is 2. The Bertz CT molecular complexity index is 1520. The van der Waals surface area contributed by atoms with E-state index in [4.69, 9.17) is 9.15 Å². The average molecular weight is 548 g/mol. The van der Waals surface area contributed by atoms with E-state index in [1.165, 1.54) is 4.90 Å². The maximum Gasteiger partial charge on any atom is 0.408 e. The Balaban J connectivity index is 1.42. The fourth-order valence-corrected chi connectivity index (χ4v) is 4.70. The standard InChI is InChI=1S/C31H31F2N3O4/c1-30(2,3)40-29(38)35-19-25-17-24-16-23(18-26(27(24)39-25)21-8-12-34-13-9-21)20-4-6-22(7-5-20)28(37)36-14-10-31(32,33)11-15-36/h4-9,12-13,16-18H,10-11,14-15,19H2,1-3H3,(H,35,38). The van der Waals surface area contributed by atoms with Gasteiger partial charge in [-0.25, -0.2) is 13.6 Å². The number of hydrogen-bond acceptors (Lipinski definition) is 5. The molecule has 1 fully saturated rings. The summed E-state index contributed by atoms with van der Waals surface area (Å²) in [6.07, 6.45) is 2.26. The van der Waals surface area contributed by atoms with E-state index in [0.29, 0.717) is 16.9 Å². The van der Waals surface area contributed by atoms with Gasteiger partial charge < -0.3 is 19.4 Å². The molecule has 1 aliphatic heterocycles. The van der Waals surface area contributed by atoms with Crippen molar-refractivity contribution < 1.29 is 27.5 Å². The Morgan fingerprint density at radius 2 is 1.65 bits per heavy atom. The summed E-state index contributed by atoms with van der Waals surface area (Å²) < 4.78 is 38.5. The molecule has 1 N–H and O–H groups in total. The summed E-state index contributed by atoms with van der Waals surface area (Å²) in [5.41, 5.74) is 4.08. The highest BCUT2D eigenvalue weighted by Gasteiger charge is 2.35. The highest BCUT2D eigenvalue weighted by Crippen LogP contribution is 2.36. The fourth-order valence-electron chi connectivity index (χ4n) is 4.70. The van der Waals surface area contributed by atoms with Crippen molar-refractivity contribution in [1.82, 2.24) is 15.2 Å². The maximum atomic E-state index is 13.5. The summed E-state index contributed by atoms with van der Waals surface area (Å²) in [6.45, 7) is 5.65. The third-order valence-electron chi connectivity index (χ3n) is 6.71. The number of aromatic nitrogens is 1. The number of alkyl halides is 2. The molecule has 40 heavy (non-hydrogen) atoms. The van der Waals surface area contributed by atoms with Crippen molar-refractivity contribution in [2.24, 2.45) is 0 Å². The van der Waals surface area contributed by atoms with Crippen LogP contribution >= 0.6 is 0 Å². The first-order valence-electron chi connectivity index (χ1n) is 13.2. The smallest absolute Gasteiger partial charge is 0.408 e. The van der Waals surface area contributed by atoms with Gasteiger partial charge in [0.25, 0.3) is 11.8 Å². The topological polar surface area (TPSA) is 84.7 Å². The molecule has 0 spiro atoms. The average Bonchev–Trinajstić information content (AvgIpc) is 3.34. The number of halogens is 2. The molecule has 2 aromatic heterocycles. The van der Waals surface area contributed by atoms with Crippen LogP contribution in [0.4, 0.5) is 13.6 Å². The number of piperidine rings is 1. The molecule has 208 valence electrons. The molecule has 0 aliphatic carbocycles. The van der Waals surface area contributed by atoms with E-state index in [0.717, 1.165) is 27.6 Å². The highest BCUT2D eigenvalue weighted by atomic mass is 19.3. The van der Waals surface area contributed by atoms with Crippen LogP contribution < -0.4 is 5.32 Å². The van der Waals surface area contributed by atoms with Gasteiger partial charge >= 0.3 is 6.09 Å². The molecule has 0 saturated carbocycles. The predicted octanol–water partition coefficient (Wildman–Crippen LogP) is 7.06. The number of benzene rings is 2. The molecule has 0 radical (unpaired) electrons. The lowest BCUT2D eigenvalue weighted by Gasteiger charge is -2.31. The number of nitrogens with one attached hydrogen (secondary N) is 1. The van der Waals surface area contributed by atoms with Crippen molar-refractivity contribution in [3.63, 3.8) is 0 Å². The van der Waals surface area contributed by atoms with Crippen LogP contribution in [0.3, 0.4) is 0 Å². The lowest BCUT2D eigenvalue weighted by Crippen LogP contribution is -2.42. The first-order chi connectivity index (χ1) is 19.0. The van der Waals surface area contributed by atoms with Crippen LogP contribution in [0.25, 0.3) is 33.2 Å². The van der Waals surface area contributed by atoms with E-state index < -0.39 is 17.6 Å². The number of pyridine rings is 1. The molecule has 1 aliphatic rings. The summed E-state index contributed by atoms with van der Waals surface area (Å²) >= 11 is 0. The number of carbonyl (C=O) groups excluding carboxylic acids is 2. The number of furan rings is 1. The molecular formula is C31H31F2N3O4. The van der Waals surface area contributed by atoms with Crippen LogP contribution in [-0.4, -0.2) is 46.5 Å². The largest absolute Gasteiger partial charge is 0.459 e. The third kappa shape index (κ3) is 6.30. The van der Waals surface area contributed by atoms with Crippen LogP contribution in [0.15, 0.2) is 71.4 Å². The molecule has 0 unspecified atom stereocenters. The van der Waals surface area contributed by atoms with E-state index in [2.05, 4.69) is 10.3 Å². The van der Waals surface area contributed by atoms with Crippen molar-refractivity contribution in [3.05, 3.63) is 78.3 Å². The van der Waals surface area contributed by atoms with Gasteiger partial charge in [-0.05, 0) is 79.9 Å². The molecular weight excluding hydrogens is 516 g/mol. The lowest BCUT2D eigenvalue weighted by atomic mass is 9.96. The number of likely N-dealkylation sites (tertiary alicyclic amines) is 1. The van der Waals surface area contributed by atoms with Crippen molar-refractivity contribution in [2.75, 3.05) is 13.1 Å². The van der Waals surface area contributed by atoms with Gasteiger partial charge in [-0.2, -0.15) is 0 Å². The molecule has 9 heteroatoms. The zero-order chi connectivity index (χ0) is 28.5. The molecule has 1 saturated heterocycles. The van der Waals surface area contributed by atoms with Gasteiger partial charge in [-0.3, -0.25) is 9.78 Å². The second kappa shape index (κ2) is 10.7. The first kappa shape index (κ1) is 27.3. The molecule has 0 bridgehead atoms. The summed E-state index contributed by atoms with van der Waals surface area (Å²) in [6, 6.07) is 16.8. The minimum absolute atomic E-state index is 0.0468. The van der Waals surface area contributed by atoms with Gasteiger partial charge in [-0.1, -0.05) is 12.1 Å². The fraction of sp³-hybridized carbons (Fsp3) is 0.323. The molecule has 3 heterocycles. The highest BCUT2D eigenvalue weighted by molar-refractivity contribution is 5.98. The number of rotatable bonds is 5. The monoisotopic (exact) mass is 547 g/mol. The zero-order valence-corrected chi connectivity index (χ0v) is 22.7. The SMILES string of the molecule is CC(C)(C)OC(=O)NCc1cc2cc(-c3ccc(C(=O)N4CCC(F)(F)CC4)cc3)cc(-c3ccncc3)c2o1. The molecule has 2 amide bonds. The van der Waals surface area contributed by atoms with E-state index in [1.807, 2.05) is 42.5 Å². The Hall–Kier alpha value is -4.27. The number of hydrogen-bond donors (Lipinski definition) is 1. The number of alkyl carbamates (subject to hydrolysis) is 1.